The van der Waals surface area contributed by atoms with Crippen molar-refractivity contribution in [2.24, 2.45) is 11.8 Å². The molecule has 1 aliphatic heterocycles. The van der Waals surface area contributed by atoms with Gasteiger partial charge in [-0.15, -0.1) is 0 Å². The summed E-state index contributed by atoms with van der Waals surface area (Å²) in [6.45, 7) is 6.21. The first-order valence-corrected chi connectivity index (χ1v) is 7.64. The molecule has 1 atom stereocenters. The largest absolute Gasteiger partial charge is 0.342 e. The van der Waals surface area contributed by atoms with E-state index in [2.05, 4.69) is 12.2 Å². The van der Waals surface area contributed by atoms with Crippen molar-refractivity contribution >= 4 is 11.7 Å². The highest BCUT2D eigenvalue weighted by Crippen LogP contribution is 2.28. The molecule has 2 aliphatic rings. The number of carbonyl (C=O) groups is 2. The molecule has 0 spiro atoms. The highest BCUT2D eigenvalue weighted by atomic mass is 16.2. The van der Waals surface area contributed by atoms with E-state index in [1.165, 1.54) is 0 Å². The van der Waals surface area contributed by atoms with Crippen LogP contribution in [0.5, 0.6) is 0 Å². The Labute approximate surface area is 115 Å². The Bertz CT molecular complexity index is 335. The van der Waals surface area contributed by atoms with Crippen LogP contribution in [0.1, 0.15) is 46.0 Å². The summed E-state index contributed by atoms with van der Waals surface area (Å²) in [5.41, 5.74) is 0. The molecular formula is C15H26N2O2. The molecule has 1 aliphatic carbocycles. The molecule has 0 unspecified atom stereocenters. The molecule has 1 heterocycles. The maximum atomic E-state index is 12.4. The molecule has 19 heavy (non-hydrogen) atoms. The van der Waals surface area contributed by atoms with Gasteiger partial charge < -0.3 is 10.2 Å². The van der Waals surface area contributed by atoms with Gasteiger partial charge in [0.1, 0.15) is 5.78 Å². The number of Topliss-reactive ketones (excluding diaryl/α,β-unsaturated/α-hetero) is 1. The summed E-state index contributed by atoms with van der Waals surface area (Å²) in [5, 5.41) is 3.47. The fourth-order valence-electron chi connectivity index (χ4n) is 3.38. The monoisotopic (exact) mass is 266 g/mol. The minimum Gasteiger partial charge on any atom is -0.342 e. The number of carbonyl (C=O) groups excluding carboxylic acids is 2. The van der Waals surface area contributed by atoms with E-state index in [1.807, 2.05) is 4.90 Å². The van der Waals surface area contributed by atoms with Crippen LogP contribution in [0.3, 0.4) is 0 Å². The van der Waals surface area contributed by atoms with E-state index in [9.17, 15) is 9.59 Å². The molecular weight excluding hydrogens is 240 g/mol. The summed E-state index contributed by atoms with van der Waals surface area (Å²) in [6, 6.07) is 0.595. The molecule has 1 saturated heterocycles. The number of amides is 1. The Kier molecular flexibility index (Phi) is 4.97. The van der Waals surface area contributed by atoms with E-state index in [0.29, 0.717) is 18.5 Å². The van der Waals surface area contributed by atoms with Gasteiger partial charge in [0.2, 0.25) is 5.91 Å². The number of ketones is 1. The average molecular weight is 266 g/mol. The molecule has 1 saturated carbocycles. The van der Waals surface area contributed by atoms with E-state index in [4.69, 9.17) is 0 Å². The minimum absolute atomic E-state index is 0.0852. The third kappa shape index (κ3) is 3.56. The predicted molar refractivity (Wildman–Crippen MR) is 74.8 cm³/mol. The van der Waals surface area contributed by atoms with Crippen LogP contribution in [0.4, 0.5) is 0 Å². The molecule has 2 fully saturated rings. The van der Waals surface area contributed by atoms with Gasteiger partial charge in [0, 0.05) is 31.0 Å². The molecule has 1 N–H and O–H groups in total. The lowest BCUT2D eigenvalue weighted by atomic mass is 9.85. The van der Waals surface area contributed by atoms with Gasteiger partial charge in [0.05, 0.1) is 0 Å². The molecule has 0 aromatic heterocycles. The Hall–Kier alpha value is -0.900. The SMILES string of the molecule is CCNC1CCC(C(=O)N2CC[C@@H](C(C)=O)C2)CC1. The van der Waals surface area contributed by atoms with Crippen LogP contribution in [-0.4, -0.2) is 42.3 Å². The van der Waals surface area contributed by atoms with Crippen LogP contribution < -0.4 is 5.32 Å². The van der Waals surface area contributed by atoms with Crippen LogP contribution in [-0.2, 0) is 9.59 Å². The average Bonchev–Trinajstić information content (AvgIpc) is 2.89. The Morgan fingerprint density at radius 1 is 1.11 bits per heavy atom. The van der Waals surface area contributed by atoms with Crippen LogP contribution in [0, 0.1) is 11.8 Å². The third-order valence-electron chi connectivity index (χ3n) is 4.64. The summed E-state index contributed by atoms with van der Waals surface area (Å²) in [5.74, 6) is 0.799. The molecule has 4 nitrogen and oxygen atoms in total. The summed E-state index contributed by atoms with van der Waals surface area (Å²) < 4.78 is 0. The lowest BCUT2D eigenvalue weighted by Crippen LogP contribution is -2.40. The van der Waals surface area contributed by atoms with Gasteiger partial charge in [-0.3, -0.25) is 9.59 Å². The quantitative estimate of drug-likeness (QED) is 0.840. The van der Waals surface area contributed by atoms with Crippen molar-refractivity contribution in [3.8, 4) is 0 Å². The molecule has 1 amide bonds. The molecule has 2 rings (SSSR count). The molecule has 108 valence electrons. The zero-order valence-electron chi connectivity index (χ0n) is 12.2. The number of rotatable bonds is 4. The maximum Gasteiger partial charge on any atom is 0.225 e. The van der Waals surface area contributed by atoms with Crippen molar-refractivity contribution in [1.29, 1.82) is 0 Å². The van der Waals surface area contributed by atoms with Gasteiger partial charge in [-0.1, -0.05) is 6.92 Å². The van der Waals surface area contributed by atoms with Crippen LogP contribution >= 0.6 is 0 Å². The number of nitrogens with zero attached hydrogens (tertiary/aromatic N) is 1. The fraction of sp³-hybridized carbons (Fsp3) is 0.867. The lowest BCUT2D eigenvalue weighted by molar-refractivity contribution is -0.135. The van der Waals surface area contributed by atoms with Gasteiger partial charge in [0.25, 0.3) is 0 Å². The van der Waals surface area contributed by atoms with Crippen LogP contribution in [0.15, 0.2) is 0 Å². The molecule has 4 heteroatoms. The topological polar surface area (TPSA) is 49.4 Å². The van der Waals surface area contributed by atoms with Crippen molar-refractivity contribution in [2.75, 3.05) is 19.6 Å². The second-order valence-electron chi connectivity index (χ2n) is 5.99. The van der Waals surface area contributed by atoms with Crippen LogP contribution in [0.25, 0.3) is 0 Å². The highest BCUT2D eigenvalue weighted by Gasteiger charge is 2.34. The highest BCUT2D eigenvalue weighted by molar-refractivity contribution is 5.83. The molecule has 0 aromatic carbocycles. The smallest absolute Gasteiger partial charge is 0.225 e. The van der Waals surface area contributed by atoms with Gasteiger partial charge in [-0.25, -0.2) is 0 Å². The van der Waals surface area contributed by atoms with Crippen LogP contribution in [0.2, 0.25) is 0 Å². The number of nitrogens with one attached hydrogen (secondary N) is 1. The second-order valence-corrected chi connectivity index (χ2v) is 5.99. The lowest BCUT2D eigenvalue weighted by Gasteiger charge is -2.30. The summed E-state index contributed by atoms with van der Waals surface area (Å²) >= 11 is 0. The van der Waals surface area contributed by atoms with E-state index in [0.717, 1.165) is 45.2 Å². The Morgan fingerprint density at radius 3 is 2.32 bits per heavy atom. The summed E-state index contributed by atoms with van der Waals surface area (Å²) in [6.07, 6.45) is 5.06. The normalized spacial score (nSPS) is 31.5. The maximum absolute atomic E-state index is 12.4. The zero-order chi connectivity index (χ0) is 13.8. The van der Waals surface area contributed by atoms with Crippen molar-refractivity contribution in [2.45, 2.75) is 52.0 Å². The second kappa shape index (κ2) is 6.51. The first-order chi connectivity index (χ1) is 9.11. The zero-order valence-corrected chi connectivity index (χ0v) is 12.2. The molecule has 0 radical (unpaired) electrons. The van der Waals surface area contributed by atoms with Gasteiger partial charge >= 0.3 is 0 Å². The molecule has 0 aromatic rings. The van der Waals surface area contributed by atoms with Gasteiger partial charge in [0.15, 0.2) is 0 Å². The minimum atomic E-state index is 0.0852. The van der Waals surface area contributed by atoms with Crippen molar-refractivity contribution in [3.05, 3.63) is 0 Å². The van der Waals surface area contributed by atoms with E-state index in [1.54, 1.807) is 6.92 Å². The van der Waals surface area contributed by atoms with Crippen molar-refractivity contribution < 1.29 is 9.59 Å². The molecule has 0 bridgehead atoms. The van der Waals surface area contributed by atoms with Gasteiger partial charge in [-0.2, -0.15) is 0 Å². The first-order valence-electron chi connectivity index (χ1n) is 7.64. The van der Waals surface area contributed by atoms with E-state index >= 15 is 0 Å². The van der Waals surface area contributed by atoms with Crippen molar-refractivity contribution in [1.82, 2.24) is 10.2 Å². The Balaban J connectivity index is 1.80. The number of hydrogen-bond acceptors (Lipinski definition) is 3. The predicted octanol–water partition coefficient (Wildman–Crippen LogP) is 1.59. The standard InChI is InChI=1S/C15H26N2O2/c1-3-16-14-6-4-12(5-7-14)15(19)17-9-8-13(10-17)11(2)18/h12-14,16H,3-10H2,1-2H3/t12?,13-,14?/m1/s1. The summed E-state index contributed by atoms with van der Waals surface area (Å²) in [4.78, 5) is 25.7. The number of hydrogen-bond donors (Lipinski definition) is 1. The summed E-state index contributed by atoms with van der Waals surface area (Å²) in [7, 11) is 0. The number of likely N-dealkylation sites (tertiary alicyclic amines) is 1. The van der Waals surface area contributed by atoms with E-state index in [-0.39, 0.29) is 17.6 Å². The van der Waals surface area contributed by atoms with Gasteiger partial charge in [-0.05, 0) is 45.6 Å². The van der Waals surface area contributed by atoms with E-state index < -0.39 is 0 Å². The van der Waals surface area contributed by atoms with Crippen molar-refractivity contribution in [3.63, 3.8) is 0 Å². The first kappa shape index (κ1) is 14.5. The third-order valence-corrected chi connectivity index (χ3v) is 4.64. The fourth-order valence-corrected chi connectivity index (χ4v) is 3.38. The Morgan fingerprint density at radius 2 is 1.79 bits per heavy atom.